The van der Waals surface area contributed by atoms with Gasteiger partial charge < -0.3 is 9.64 Å². The highest BCUT2D eigenvalue weighted by Gasteiger charge is 2.34. The molecule has 0 aliphatic carbocycles. The Morgan fingerprint density at radius 1 is 1.07 bits per heavy atom. The van der Waals surface area contributed by atoms with E-state index in [9.17, 15) is 13.2 Å². The number of carbonyl (C=O) groups excluding carboxylic acids is 1. The molecule has 7 heteroatoms. The summed E-state index contributed by atoms with van der Waals surface area (Å²) < 4.78 is 34.0. The largest absolute Gasteiger partial charge is 0.426 e. The van der Waals surface area contributed by atoms with Crippen molar-refractivity contribution in [2.45, 2.75) is 31.6 Å². The smallest absolute Gasteiger partial charge is 0.314 e. The molecule has 0 bridgehead atoms. The lowest BCUT2D eigenvalue weighted by atomic mass is 9.96. The van der Waals surface area contributed by atoms with Crippen LogP contribution in [0.5, 0.6) is 5.75 Å². The van der Waals surface area contributed by atoms with E-state index in [1.165, 1.54) is 0 Å². The molecule has 146 valence electrons. The van der Waals surface area contributed by atoms with Gasteiger partial charge in [-0.25, -0.2) is 0 Å². The fourth-order valence-corrected chi connectivity index (χ4v) is 4.85. The number of nitrogens with zero attached hydrogens (tertiary/aromatic N) is 2. The van der Waals surface area contributed by atoms with Gasteiger partial charge in [-0.3, -0.25) is 4.79 Å². The van der Waals surface area contributed by atoms with Crippen molar-refractivity contribution in [3.05, 3.63) is 59.2 Å². The second-order valence-corrected chi connectivity index (χ2v) is 8.89. The van der Waals surface area contributed by atoms with Crippen molar-refractivity contribution in [3.8, 4) is 5.75 Å². The summed E-state index contributed by atoms with van der Waals surface area (Å²) in [6.45, 7) is 5.13. The quantitative estimate of drug-likeness (QED) is 0.574. The van der Waals surface area contributed by atoms with Gasteiger partial charge in [0.05, 0.1) is 5.92 Å². The zero-order valence-corrected chi connectivity index (χ0v) is 16.7. The minimum Gasteiger partial charge on any atom is -0.426 e. The predicted molar refractivity (Wildman–Crippen MR) is 106 cm³/mol. The maximum atomic E-state index is 12.5. The zero-order valence-electron chi connectivity index (χ0n) is 15.9. The Morgan fingerprint density at radius 3 is 2.50 bits per heavy atom. The molecule has 2 aromatic carbocycles. The van der Waals surface area contributed by atoms with E-state index in [-0.39, 0.29) is 16.8 Å². The van der Waals surface area contributed by atoms with Crippen LogP contribution in [0.15, 0.2) is 51.8 Å². The molecule has 2 aromatic rings. The highest BCUT2D eigenvalue weighted by molar-refractivity contribution is 7.90. The van der Waals surface area contributed by atoms with Gasteiger partial charge in [-0.2, -0.15) is 8.42 Å². The van der Waals surface area contributed by atoms with Gasteiger partial charge in [0.15, 0.2) is 5.84 Å². The molecule has 2 heterocycles. The number of ether oxygens (including phenoxy) is 1. The number of piperidine rings is 1. The monoisotopic (exact) mass is 398 g/mol. The molecular formula is C21H22N2O4S. The molecule has 0 atom stereocenters. The summed E-state index contributed by atoms with van der Waals surface area (Å²) in [7, 11) is -3.63. The number of rotatable bonds is 2. The number of benzene rings is 2. The third-order valence-corrected chi connectivity index (χ3v) is 6.76. The SMILES string of the molecule is Cc1ccc(OC(=O)C2CCN(C3=NS(=O)(=O)c4ccccc43)CC2)cc1C. The van der Waals surface area contributed by atoms with Crippen LogP contribution in [0.3, 0.4) is 0 Å². The Labute approximate surface area is 164 Å². The average molecular weight is 398 g/mol. The van der Waals surface area contributed by atoms with Gasteiger partial charge in [-0.05, 0) is 62.1 Å². The number of hydrogen-bond acceptors (Lipinski definition) is 5. The van der Waals surface area contributed by atoms with E-state index >= 15 is 0 Å². The van der Waals surface area contributed by atoms with Crippen LogP contribution in [0.1, 0.15) is 29.5 Å². The van der Waals surface area contributed by atoms with Crippen LogP contribution in [0, 0.1) is 19.8 Å². The first kappa shape index (κ1) is 18.7. The van der Waals surface area contributed by atoms with Crippen LogP contribution >= 0.6 is 0 Å². The fraction of sp³-hybridized carbons (Fsp3) is 0.333. The fourth-order valence-electron chi connectivity index (χ4n) is 3.62. The Kier molecular flexibility index (Phi) is 4.71. The van der Waals surface area contributed by atoms with Gasteiger partial charge in [0, 0.05) is 18.7 Å². The molecule has 0 saturated carbocycles. The summed E-state index contributed by atoms with van der Waals surface area (Å²) in [6, 6.07) is 12.5. The van der Waals surface area contributed by atoms with E-state index in [1.54, 1.807) is 18.2 Å². The van der Waals surface area contributed by atoms with Crippen molar-refractivity contribution in [2.75, 3.05) is 13.1 Å². The van der Waals surface area contributed by atoms with E-state index in [0.717, 1.165) is 11.1 Å². The minimum absolute atomic E-state index is 0.202. The first-order valence-electron chi connectivity index (χ1n) is 9.33. The van der Waals surface area contributed by atoms with Crippen molar-refractivity contribution in [3.63, 3.8) is 0 Å². The van der Waals surface area contributed by atoms with E-state index in [1.807, 2.05) is 43.0 Å². The van der Waals surface area contributed by atoms with E-state index in [4.69, 9.17) is 4.74 Å². The average Bonchev–Trinajstić information content (AvgIpc) is 2.96. The molecule has 0 spiro atoms. The predicted octanol–water partition coefficient (Wildman–Crippen LogP) is 3.07. The lowest BCUT2D eigenvalue weighted by Crippen LogP contribution is -2.41. The lowest BCUT2D eigenvalue weighted by Gasteiger charge is -2.32. The molecule has 1 fully saturated rings. The lowest BCUT2D eigenvalue weighted by molar-refractivity contribution is -0.140. The van der Waals surface area contributed by atoms with Gasteiger partial charge in [-0.15, -0.1) is 4.40 Å². The van der Waals surface area contributed by atoms with Gasteiger partial charge in [-0.1, -0.05) is 18.2 Å². The standard InChI is InChI=1S/C21H22N2O4S/c1-14-7-8-17(13-15(14)2)27-21(24)16-9-11-23(12-10-16)20-18-5-3-4-6-19(18)28(25,26)22-20/h3-8,13,16H,9-12H2,1-2H3. The molecule has 0 N–H and O–H groups in total. The van der Waals surface area contributed by atoms with Gasteiger partial charge in [0.1, 0.15) is 10.6 Å². The van der Waals surface area contributed by atoms with Crippen LogP contribution in [0.4, 0.5) is 0 Å². The third kappa shape index (κ3) is 3.42. The van der Waals surface area contributed by atoms with Crippen LogP contribution in [0.2, 0.25) is 0 Å². The molecule has 0 aromatic heterocycles. The molecule has 28 heavy (non-hydrogen) atoms. The number of esters is 1. The number of amidine groups is 1. The summed E-state index contributed by atoms with van der Waals surface area (Å²) in [5.41, 5.74) is 2.87. The molecule has 0 unspecified atom stereocenters. The van der Waals surface area contributed by atoms with Gasteiger partial charge >= 0.3 is 5.97 Å². The molecule has 2 aliphatic rings. The van der Waals surface area contributed by atoms with Crippen LogP contribution in [-0.2, 0) is 14.8 Å². The van der Waals surface area contributed by atoms with E-state index in [2.05, 4.69) is 4.40 Å². The molecule has 1 saturated heterocycles. The number of hydrogen-bond donors (Lipinski definition) is 0. The number of sulfonamides is 1. The Hall–Kier alpha value is -2.67. The van der Waals surface area contributed by atoms with Crippen molar-refractivity contribution >= 4 is 21.8 Å². The highest BCUT2D eigenvalue weighted by atomic mass is 32.2. The van der Waals surface area contributed by atoms with E-state index in [0.29, 0.717) is 43.1 Å². The van der Waals surface area contributed by atoms with Crippen LogP contribution < -0.4 is 4.74 Å². The van der Waals surface area contributed by atoms with Crippen molar-refractivity contribution < 1.29 is 17.9 Å². The maximum Gasteiger partial charge on any atom is 0.314 e. The minimum atomic E-state index is -3.63. The Balaban J connectivity index is 1.42. The number of aryl methyl sites for hydroxylation is 2. The van der Waals surface area contributed by atoms with Crippen LogP contribution in [0.25, 0.3) is 0 Å². The molecule has 6 nitrogen and oxygen atoms in total. The zero-order chi connectivity index (χ0) is 19.9. The number of fused-ring (bicyclic) bond motifs is 1. The molecule has 0 radical (unpaired) electrons. The van der Waals surface area contributed by atoms with Crippen molar-refractivity contribution in [1.82, 2.24) is 4.90 Å². The van der Waals surface area contributed by atoms with Crippen LogP contribution in [-0.4, -0.2) is 38.2 Å². The van der Waals surface area contributed by atoms with Gasteiger partial charge in [0.25, 0.3) is 10.0 Å². The summed E-state index contributed by atoms with van der Waals surface area (Å²) in [5, 5.41) is 0. The first-order valence-corrected chi connectivity index (χ1v) is 10.8. The van der Waals surface area contributed by atoms with Crippen molar-refractivity contribution in [1.29, 1.82) is 0 Å². The summed E-state index contributed by atoms with van der Waals surface area (Å²) in [6.07, 6.45) is 1.20. The molecule has 4 rings (SSSR count). The molecule has 0 amide bonds. The Morgan fingerprint density at radius 2 is 1.79 bits per heavy atom. The topological polar surface area (TPSA) is 76.0 Å². The first-order chi connectivity index (χ1) is 13.3. The molecular weight excluding hydrogens is 376 g/mol. The second-order valence-electron chi connectivity index (χ2n) is 7.31. The second kappa shape index (κ2) is 7.05. The molecule has 2 aliphatic heterocycles. The third-order valence-electron chi connectivity index (χ3n) is 5.44. The van der Waals surface area contributed by atoms with Crippen molar-refractivity contribution in [2.24, 2.45) is 10.3 Å². The highest BCUT2D eigenvalue weighted by Crippen LogP contribution is 2.30. The summed E-state index contributed by atoms with van der Waals surface area (Å²) in [4.78, 5) is 14.7. The summed E-state index contributed by atoms with van der Waals surface area (Å²) in [5.74, 6) is 0.614. The van der Waals surface area contributed by atoms with E-state index < -0.39 is 10.0 Å². The van der Waals surface area contributed by atoms with Gasteiger partial charge in [0.2, 0.25) is 0 Å². The number of carbonyl (C=O) groups is 1. The Bertz CT molecular complexity index is 1070. The normalized spacial score (nSPS) is 18.5. The maximum absolute atomic E-state index is 12.5. The summed E-state index contributed by atoms with van der Waals surface area (Å²) >= 11 is 0. The number of likely N-dealkylation sites (tertiary alicyclic amines) is 1.